The molecule has 0 saturated carbocycles. The molecule has 40 heavy (non-hydrogen) atoms. The summed E-state index contributed by atoms with van der Waals surface area (Å²) in [6.07, 6.45) is 1.59. The minimum Gasteiger partial charge on any atom is -0.493 e. The molecule has 0 bridgehead atoms. The number of hydrogen-bond acceptors (Lipinski definition) is 11. The van der Waals surface area contributed by atoms with Crippen LogP contribution in [0.25, 0.3) is 0 Å². The maximum Gasteiger partial charge on any atom is 0.343 e. The minimum atomic E-state index is -0.466. The lowest BCUT2D eigenvalue weighted by Gasteiger charge is -2.27. The van der Waals surface area contributed by atoms with Crippen LogP contribution in [0.2, 0.25) is 0 Å². The average molecular weight is 540 g/mol. The van der Waals surface area contributed by atoms with Crippen molar-refractivity contribution in [1.29, 1.82) is 0 Å². The fourth-order valence-corrected chi connectivity index (χ4v) is 3.89. The Bertz CT molecular complexity index is 1470. The first-order valence-corrected chi connectivity index (χ1v) is 12.7. The average Bonchev–Trinajstić information content (AvgIpc) is 2.99. The van der Waals surface area contributed by atoms with Crippen LogP contribution in [-0.2, 0) is 4.74 Å². The monoisotopic (exact) mass is 539 g/mol. The minimum absolute atomic E-state index is 0.279. The van der Waals surface area contributed by atoms with Gasteiger partial charge >= 0.3 is 5.97 Å². The molecule has 5 rings (SSSR count). The van der Waals surface area contributed by atoms with Gasteiger partial charge in [-0.05, 0) is 55.0 Å². The molecular formula is C29H29N7O4. The molecular weight excluding hydrogens is 510 g/mol. The first-order valence-electron chi connectivity index (χ1n) is 12.7. The second-order valence-corrected chi connectivity index (χ2v) is 8.91. The number of rotatable bonds is 9. The van der Waals surface area contributed by atoms with E-state index in [1.807, 2.05) is 54.3 Å². The van der Waals surface area contributed by atoms with E-state index in [2.05, 4.69) is 30.8 Å². The van der Waals surface area contributed by atoms with Gasteiger partial charge < -0.3 is 24.4 Å². The largest absolute Gasteiger partial charge is 0.493 e. The number of morpholine rings is 1. The fraction of sp³-hybridized carbons (Fsp3) is 0.207. The third kappa shape index (κ3) is 6.88. The smallest absolute Gasteiger partial charge is 0.343 e. The van der Waals surface area contributed by atoms with Crippen molar-refractivity contribution >= 4 is 35.7 Å². The number of anilines is 4. The van der Waals surface area contributed by atoms with E-state index in [1.165, 1.54) is 7.11 Å². The normalized spacial score (nSPS) is 13.2. The van der Waals surface area contributed by atoms with Crippen LogP contribution in [0.5, 0.6) is 11.5 Å². The van der Waals surface area contributed by atoms with Crippen molar-refractivity contribution in [1.82, 2.24) is 15.0 Å². The Morgan fingerprint density at radius 3 is 2.45 bits per heavy atom. The quantitative estimate of drug-likeness (QED) is 0.137. The number of carbonyl (C=O) groups excluding carboxylic acids is 1. The van der Waals surface area contributed by atoms with E-state index in [0.29, 0.717) is 60.8 Å². The van der Waals surface area contributed by atoms with Crippen molar-refractivity contribution in [2.75, 3.05) is 49.1 Å². The van der Waals surface area contributed by atoms with Crippen molar-refractivity contribution in [2.24, 2.45) is 5.10 Å². The van der Waals surface area contributed by atoms with Crippen LogP contribution < -0.4 is 25.1 Å². The van der Waals surface area contributed by atoms with E-state index in [4.69, 9.17) is 14.2 Å². The van der Waals surface area contributed by atoms with Gasteiger partial charge in [0.2, 0.25) is 17.8 Å². The maximum absolute atomic E-state index is 12.5. The molecule has 0 spiro atoms. The highest BCUT2D eigenvalue weighted by Gasteiger charge is 2.17. The van der Waals surface area contributed by atoms with Crippen molar-refractivity contribution in [2.45, 2.75) is 6.92 Å². The number of nitrogens with one attached hydrogen (secondary N) is 2. The first kappa shape index (κ1) is 26.6. The van der Waals surface area contributed by atoms with Gasteiger partial charge in [0.05, 0.1) is 32.1 Å². The molecule has 0 radical (unpaired) electrons. The predicted molar refractivity (Wildman–Crippen MR) is 153 cm³/mol. The Labute approximate surface area is 231 Å². The summed E-state index contributed by atoms with van der Waals surface area (Å²) in [4.78, 5) is 28.2. The number of nitrogens with zero attached hydrogens (tertiary/aromatic N) is 5. The van der Waals surface area contributed by atoms with Gasteiger partial charge in [0.25, 0.3) is 0 Å². The Hall–Kier alpha value is -5.03. The van der Waals surface area contributed by atoms with Crippen LogP contribution in [0, 0.1) is 6.92 Å². The van der Waals surface area contributed by atoms with E-state index in [0.717, 1.165) is 11.3 Å². The summed E-state index contributed by atoms with van der Waals surface area (Å²) in [6, 6.07) is 22.0. The highest BCUT2D eigenvalue weighted by molar-refractivity contribution is 5.91. The van der Waals surface area contributed by atoms with E-state index >= 15 is 0 Å². The van der Waals surface area contributed by atoms with Gasteiger partial charge in [0, 0.05) is 18.8 Å². The molecule has 3 aromatic carbocycles. The van der Waals surface area contributed by atoms with Crippen LogP contribution in [0.4, 0.5) is 23.5 Å². The highest BCUT2D eigenvalue weighted by Crippen LogP contribution is 2.28. The second kappa shape index (κ2) is 12.7. The Kier molecular flexibility index (Phi) is 8.42. The molecule has 2 heterocycles. The molecule has 0 aliphatic carbocycles. The molecule has 11 nitrogen and oxygen atoms in total. The topological polar surface area (TPSA) is 123 Å². The number of ether oxygens (including phenoxy) is 3. The van der Waals surface area contributed by atoms with Gasteiger partial charge in [-0.15, -0.1) is 0 Å². The van der Waals surface area contributed by atoms with Gasteiger partial charge in [-0.2, -0.15) is 20.1 Å². The molecule has 1 aromatic heterocycles. The number of methoxy groups -OCH3 is 1. The van der Waals surface area contributed by atoms with Crippen LogP contribution in [0.15, 0.2) is 77.9 Å². The predicted octanol–water partition coefficient (Wildman–Crippen LogP) is 4.43. The Morgan fingerprint density at radius 2 is 1.70 bits per heavy atom. The van der Waals surface area contributed by atoms with Gasteiger partial charge in [0.1, 0.15) is 0 Å². The summed E-state index contributed by atoms with van der Waals surface area (Å²) in [6.45, 7) is 4.52. The van der Waals surface area contributed by atoms with Gasteiger partial charge in [0.15, 0.2) is 11.5 Å². The summed E-state index contributed by atoms with van der Waals surface area (Å²) < 4.78 is 16.5. The fourth-order valence-electron chi connectivity index (χ4n) is 3.89. The van der Waals surface area contributed by atoms with Crippen LogP contribution >= 0.6 is 0 Å². The first-order chi connectivity index (χ1) is 19.6. The number of aryl methyl sites for hydroxylation is 1. The summed E-state index contributed by atoms with van der Waals surface area (Å²) in [5.74, 6) is 1.43. The summed E-state index contributed by atoms with van der Waals surface area (Å²) in [5.41, 5.74) is 5.97. The molecule has 4 aromatic rings. The van der Waals surface area contributed by atoms with Crippen LogP contribution in [-0.4, -0.2) is 60.5 Å². The summed E-state index contributed by atoms with van der Waals surface area (Å²) >= 11 is 0. The highest BCUT2D eigenvalue weighted by atomic mass is 16.6. The lowest BCUT2D eigenvalue weighted by Crippen LogP contribution is -2.37. The number of aromatic nitrogens is 3. The third-order valence-electron chi connectivity index (χ3n) is 6.00. The van der Waals surface area contributed by atoms with Crippen molar-refractivity contribution in [3.05, 3.63) is 89.5 Å². The zero-order valence-electron chi connectivity index (χ0n) is 22.2. The Morgan fingerprint density at radius 1 is 0.950 bits per heavy atom. The third-order valence-corrected chi connectivity index (χ3v) is 6.00. The SMILES string of the molecule is COc1cc(/C=N/Nc2nc(Nc3ccccc3)nc(N3CCOCC3)n2)ccc1OC(=O)c1ccc(C)cc1. The van der Waals surface area contributed by atoms with Gasteiger partial charge in [-0.25, -0.2) is 10.2 Å². The number of hydrogen-bond donors (Lipinski definition) is 2. The van der Waals surface area contributed by atoms with E-state index in [-0.39, 0.29) is 5.95 Å². The van der Waals surface area contributed by atoms with Crippen molar-refractivity contribution in [3.8, 4) is 11.5 Å². The molecule has 0 unspecified atom stereocenters. The molecule has 11 heteroatoms. The molecule has 1 aliphatic rings. The van der Waals surface area contributed by atoms with Gasteiger partial charge in [-0.3, -0.25) is 0 Å². The standard InChI is InChI=1S/C29H29N7O4/c1-20-8-11-22(12-9-20)26(37)40-24-13-10-21(18-25(24)38-2)19-30-35-28-32-27(31-23-6-4-3-5-7-23)33-29(34-28)36-14-16-39-17-15-36/h3-13,18-19H,14-17H2,1-2H3,(H2,31,32,33,34,35)/b30-19+. The lowest BCUT2D eigenvalue weighted by molar-refractivity contribution is 0.0729. The molecule has 204 valence electrons. The number of esters is 1. The zero-order valence-corrected chi connectivity index (χ0v) is 22.2. The zero-order chi connectivity index (χ0) is 27.7. The number of para-hydroxylation sites is 1. The van der Waals surface area contributed by atoms with Crippen LogP contribution in [0.3, 0.4) is 0 Å². The molecule has 0 amide bonds. The number of hydrazone groups is 1. The van der Waals surface area contributed by atoms with Crippen molar-refractivity contribution in [3.63, 3.8) is 0 Å². The molecule has 1 aliphatic heterocycles. The maximum atomic E-state index is 12.5. The number of carbonyl (C=O) groups is 1. The molecule has 1 fully saturated rings. The Balaban J connectivity index is 1.30. The molecule has 0 atom stereocenters. The van der Waals surface area contributed by atoms with Crippen molar-refractivity contribution < 1.29 is 19.0 Å². The van der Waals surface area contributed by atoms with E-state index in [9.17, 15) is 4.79 Å². The van der Waals surface area contributed by atoms with Gasteiger partial charge in [-0.1, -0.05) is 35.9 Å². The lowest BCUT2D eigenvalue weighted by atomic mass is 10.1. The number of benzene rings is 3. The molecule has 2 N–H and O–H groups in total. The van der Waals surface area contributed by atoms with Crippen LogP contribution in [0.1, 0.15) is 21.5 Å². The van der Waals surface area contributed by atoms with E-state index in [1.54, 1.807) is 36.5 Å². The van der Waals surface area contributed by atoms with E-state index < -0.39 is 5.97 Å². The summed E-state index contributed by atoms with van der Waals surface area (Å²) in [5, 5.41) is 7.52. The second-order valence-electron chi connectivity index (χ2n) is 8.91. The summed E-state index contributed by atoms with van der Waals surface area (Å²) in [7, 11) is 1.51. The molecule has 1 saturated heterocycles.